The molecule has 0 radical (unpaired) electrons. The first-order valence-electron chi connectivity index (χ1n) is 39.1. The van der Waals surface area contributed by atoms with Crippen LogP contribution in [0, 0.1) is 27.7 Å². The third-order valence-corrected chi connectivity index (χ3v) is 21.3. The van der Waals surface area contributed by atoms with Crippen LogP contribution in [0.1, 0.15) is 137 Å². The van der Waals surface area contributed by atoms with E-state index >= 15 is 0 Å². The summed E-state index contributed by atoms with van der Waals surface area (Å²) in [6, 6.07) is 128. The van der Waals surface area contributed by atoms with Crippen LogP contribution in [-0.4, -0.2) is 0 Å². The molecular formula is C108H94N2. The molecule has 0 aromatic heterocycles. The van der Waals surface area contributed by atoms with Crippen molar-refractivity contribution in [2.75, 3.05) is 9.80 Å². The minimum Gasteiger partial charge on any atom is -0.310 e. The number of hydrogen-bond acceptors (Lipinski definition) is 2. The highest BCUT2D eigenvalue weighted by molar-refractivity contribution is 5.94. The molecule has 0 fully saturated rings. The van der Waals surface area contributed by atoms with Crippen LogP contribution in [0.4, 0.5) is 34.1 Å². The molecule has 0 bridgehead atoms. The van der Waals surface area contributed by atoms with Gasteiger partial charge in [-0.05, 0) is 269 Å². The van der Waals surface area contributed by atoms with E-state index in [2.05, 4.69) is 438 Å². The van der Waals surface area contributed by atoms with Crippen LogP contribution in [0.3, 0.4) is 0 Å². The van der Waals surface area contributed by atoms with Gasteiger partial charge in [-0.1, -0.05) is 344 Å². The number of nitrogens with zero attached hydrogens (tertiary/aromatic N) is 2. The molecule has 2 aliphatic rings. The van der Waals surface area contributed by atoms with Crippen molar-refractivity contribution < 1.29 is 0 Å². The van der Waals surface area contributed by atoms with Crippen molar-refractivity contribution in [2.24, 2.45) is 0 Å². The summed E-state index contributed by atoms with van der Waals surface area (Å²) in [7, 11) is 0. The van der Waals surface area contributed by atoms with Gasteiger partial charge in [-0.15, -0.1) is 0 Å². The van der Waals surface area contributed by atoms with Crippen molar-refractivity contribution >= 4 is 80.7 Å². The largest absolute Gasteiger partial charge is 0.310 e. The molecule has 14 aromatic carbocycles. The smallest absolute Gasteiger partial charge is 0.0533 e. The molecule has 2 heteroatoms. The Bertz CT molecular complexity index is 5440. The summed E-state index contributed by atoms with van der Waals surface area (Å²) < 4.78 is 0. The van der Waals surface area contributed by atoms with Gasteiger partial charge in [0, 0.05) is 28.4 Å². The van der Waals surface area contributed by atoms with Crippen molar-refractivity contribution in [1.82, 2.24) is 0 Å². The second kappa shape index (κ2) is 35.2. The number of fused-ring (bicyclic) bond motifs is 2. The van der Waals surface area contributed by atoms with Gasteiger partial charge >= 0.3 is 0 Å². The predicted octanol–water partition coefficient (Wildman–Crippen LogP) is 28.8. The highest BCUT2D eigenvalue weighted by Crippen LogP contribution is 2.42. The van der Waals surface area contributed by atoms with Gasteiger partial charge in [-0.25, -0.2) is 0 Å². The average Bonchev–Trinajstić information content (AvgIpc) is 0.786. The van der Waals surface area contributed by atoms with E-state index in [4.69, 9.17) is 0 Å². The molecular weight excluding hydrogens is 1330 g/mol. The molecule has 0 spiro atoms. The van der Waals surface area contributed by atoms with E-state index in [0.717, 1.165) is 64.3 Å². The Morgan fingerprint density at radius 3 is 1.01 bits per heavy atom. The third kappa shape index (κ3) is 18.0. The zero-order chi connectivity index (χ0) is 74.8. The third-order valence-electron chi connectivity index (χ3n) is 21.3. The molecule has 0 heterocycles. The fourth-order valence-electron chi connectivity index (χ4n) is 15.3. The minimum absolute atomic E-state index is 1.13. The molecule has 2 nitrogen and oxygen atoms in total. The molecule has 0 saturated carbocycles. The van der Waals surface area contributed by atoms with E-state index in [0.29, 0.717) is 0 Å². The molecule has 0 atom stereocenters. The Balaban J connectivity index is 0.000000175. The zero-order valence-corrected chi connectivity index (χ0v) is 63.7. The molecule has 110 heavy (non-hydrogen) atoms. The standard InChI is InChI=1S/2C54H47N/c1-40-26-30-47(31-27-40)54(48-32-28-41(2)29-33-48)38-43-16-12-24-51(37-43)55(52-35-34-44-17-9-10-22-49(44)39-52)50-23-11-14-42(36-50)15-13-25-53(45-18-5-3-6-19-45)46-20-7-4-8-21-46;1-40-24-30-46(31-25-40)53(47-32-26-41(2)27-33-47)38-42-28-35-50(36-29-42)55(51-37-34-43-14-9-10-20-49(43)39-51)54-23-12-11-19-48(54)21-13-22-52(44-15-5-3-6-16-44)45-17-7-4-8-18-45/h3-8,11-16,18-21,23-39H,9-10,17,22H2,1-2H3;3-8,11-13,15-19,21-39H,9-10,14,20H2,1-2H3/b15-13+;21-13+. The van der Waals surface area contributed by atoms with Gasteiger partial charge in [0.05, 0.1) is 5.69 Å². The molecule has 0 saturated heterocycles. The number of para-hydroxylation sites is 1. The number of aryl methyl sites for hydroxylation is 8. The molecule has 14 aromatic rings. The van der Waals surface area contributed by atoms with Crippen molar-refractivity contribution in [3.05, 3.63) is 487 Å². The lowest BCUT2D eigenvalue weighted by atomic mass is 9.91. The fraction of sp³-hybridized carbons (Fsp3) is 0.111. The summed E-state index contributed by atoms with van der Waals surface area (Å²) in [5, 5.41) is 0. The molecule has 0 amide bonds. The van der Waals surface area contributed by atoms with Gasteiger partial charge in [0.25, 0.3) is 0 Å². The number of allylic oxidation sites excluding steroid dienone is 4. The first-order valence-corrected chi connectivity index (χ1v) is 39.1. The lowest BCUT2D eigenvalue weighted by molar-refractivity contribution is 0.685. The van der Waals surface area contributed by atoms with Gasteiger partial charge < -0.3 is 9.80 Å². The van der Waals surface area contributed by atoms with Crippen molar-refractivity contribution in [3.8, 4) is 0 Å². The quantitative estimate of drug-likeness (QED) is 0.0554. The lowest BCUT2D eigenvalue weighted by Gasteiger charge is -2.29. The van der Waals surface area contributed by atoms with Gasteiger partial charge in [-0.3, -0.25) is 0 Å². The van der Waals surface area contributed by atoms with E-state index in [9.17, 15) is 0 Å². The van der Waals surface area contributed by atoms with Crippen LogP contribution >= 0.6 is 0 Å². The zero-order valence-electron chi connectivity index (χ0n) is 63.7. The van der Waals surface area contributed by atoms with E-state index in [1.807, 2.05) is 0 Å². The monoisotopic (exact) mass is 1420 g/mol. The molecule has 0 unspecified atom stereocenters. The Kier molecular flexibility index (Phi) is 23.3. The van der Waals surface area contributed by atoms with Crippen LogP contribution in [0.15, 0.2) is 376 Å². The first-order chi connectivity index (χ1) is 54.2. The Morgan fingerprint density at radius 1 is 0.236 bits per heavy atom. The van der Waals surface area contributed by atoms with E-state index in [-0.39, 0.29) is 0 Å². The minimum atomic E-state index is 1.13. The topological polar surface area (TPSA) is 6.48 Å². The summed E-state index contributed by atoms with van der Waals surface area (Å²) in [5.74, 6) is 0. The number of benzene rings is 14. The number of anilines is 6. The van der Waals surface area contributed by atoms with Crippen molar-refractivity contribution in [1.29, 1.82) is 0 Å². The Hall–Kier alpha value is -12.9. The SMILES string of the molecule is Cc1ccc(C(=Cc2ccc(N(c3ccc4c(c3)CCCC4)c3ccccc3/C=C/C=C(c3ccccc3)c3ccccc3)cc2)c2ccc(C)cc2)cc1.Cc1ccc(C(=Cc2cccc(N(c3cccc(/C=C/C=C(c4ccccc4)c4ccccc4)c3)c3ccc4c(c3)CCCC4)c2)c2ccc(C)cc2)cc1. The highest BCUT2D eigenvalue weighted by atomic mass is 15.1. The lowest BCUT2D eigenvalue weighted by Crippen LogP contribution is -2.13. The second-order valence-electron chi connectivity index (χ2n) is 29.3. The summed E-state index contributed by atoms with van der Waals surface area (Å²) in [6.07, 6.45) is 27.6. The average molecular weight is 1420 g/mol. The fourth-order valence-corrected chi connectivity index (χ4v) is 15.3. The molecule has 2 aliphatic carbocycles. The maximum absolute atomic E-state index is 2.43. The Labute approximate surface area is 652 Å². The van der Waals surface area contributed by atoms with Crippen molar-refractivity contribution in [3.63, 3.8) is 0 Å². The number of hydrogen-bond donors (Lipinski definition) is 0. The summed E-state index contributed by atoms with van der Waals surface area (Å²) in [4.78, 5) is 4.86. The summed E-state index contributed by atoms with van der Waals surface area (Å²) in [5.41, 5.74) is 37.0. The van der Waals surface area contributed by atoms with Crippen LogP contribution in [0.2, 0.25) is 0 Å². The van der Waals surface area contributed by atoms with Crippen molar-refractivity contribution in [2.45, 2.75) is 79.1 Å². The van der Waals surface area contributed by atoms with Crippen LogP contribution < -0.4 is 9.80 Å². The van der Waals surface area contributed by atoms with Crippen LogP contribution in [-0.2, 0) is 25.7 Å². The molecule has 16 rings (SSSR count). The molecule has 0 aliphatic heterocycles. The maximum Gasteiger partial charge on any atom is 0.0533 e. The van der Waals surface area contributed by atoms with Gasteiger partial charge in [0.2, 0.25) is 0 Å². The predicted molar refractivity (Wildman–Crippen MR) is 472 cm³/mol. The highest BCUT2D eigenvalue weighted by Gasteiger charge is 2.21. The van der Waals surface area contributed by atoms with E-state index in [1.54, 1.807) is 0 Å². The van der Waals surface area contributed by atoms with E-state index in [1.165, 1.54) is 155 Å². The van der Waals surface area contributed by atoms with E-state index < -0.39 is 0 Å². The summed E-state index contributed by atoms with van der Waals surface area (Å²) >= 11 is 0. The molecule has 536 valence electrons. The van der Waals surface area contributed by atoms with Crippen LogP contribution in [0.25, 0.3) is 46.6 Å². The van der Waals surface area contributed by atoms with Gasteiger partial charge in [-0.2, -0.15) is 0 Å². The van der Waals surface area contributed by atoms with Gasteiger partial charge in [0.15, 0.2) is 0 Å². The summed E-state index contributed by atoms with van der Waals surface area (Å²) in [6.45, 7) is 8.57. The van der Waals surface area contributed by atoms with Gasteiger partial charge in [0.1, 0.15) is 0 Å². The molecule has 0 N–H and O–H groups in total. The first kappa shape index (κ1) is 72.7. The maximum atomic E-state index is 2.43. The normalized spacial score (nSPS) is 12.2. The van der Waals surface area contributed by atoms with Crippen LogP contribution in [0.5, 0.6) is 0 Å². The second-order valence-corrected chi connectivity index (χ2v) is 29.3. The number of rotatable bonds is 20. The Morgan fingerprint density at radius 2 is 0.573 bits per heavy atom.